The van der Waals surface area contributed by atoms with Crippen molar-refractivity contribution in [1.82, 2.24) is 4.90 Å². The van der Waals surface area contributed by atoms with Gasteiger partial charge in [-0.15, -0.1) is 0 Å². The van der Waals surface area contributed by atoms with Gasteiger partial charge in [0, 0.05) is 12.6 Å². The van der Waals surface area contributed by atoms with Gasteiger partial charge in [-0.1, -0.05) is 13.3 Å². The van der Waals surface area contributed by atoms with Crippen LogP contribution in [0.25, 0.3) is 0 Å². The molecule has 1 fully saturated rings. The van der Waals surface area contributed by atoms with Gasteiger partial charge in [-0.2, -0.15) is 0 Å². The number of likely N-dealkylation sites (tertiary alicyclic amines) is 1. The van der Waals surface area contributed by atoms with Crippen LogP contribution in [-0.2, 0) is 0 Å². The molecule has 1 rings (SSSR count). The lowest BCUT2D eigenvalue weighted by Gasteiger charge is -2.48. The van der Waals surface area contributed by atoms with Gasteiger partial charge in [-0.05, 0) is 26.8 Å². The van der Waals surface area contributed by atoms with E-state index in [0.717, 1.165) is 19.4 Å². The molecule has 0 aromatic heterocycles. The van der Waals surface area contributed by atoms with E-state index in [-0.39, 0.29) is 6.04 Å². The number of hydrogen-bond acceptors (Lipinski definition) is 4. The maximum Gasteiger partial charge on any atom is 0.111 e. The minimum Gasteiger partial charge on any atom is -0.389 e. The van der Waals surface area contributed by atoms with Crippen LogP contribution >= 0.6 is 0 Å². The van der Waals surface area contributed by atoms with Crippen molar-refractivity contribution in [2.24, 2.45) is 0 Å². The minimum absolute atomic E-state index is 0.123. The largest absolute Gasteiger partial charge is 0.389 e. The van der Waals surface area contributed by atoms with Crippen molar-refractivity contribution in [3.8, 4) is 0 Å². The number of hydrogen-bond donors (Lipinski definition) is 3. The lowest BCUT2D eigenvalue weighted by molar-refractivity contribution is -0.186. The molecule has 0 aromatic rings. The SMILES string of the molecule is CCCCN1C[C@H](O)[C@@H](O)[C@@](C)(O)[C@@H]1C. The molecule has 1 aliphatic rings. The fourth-order valence-corrected chi connectivity index (χ4v) is 2.15. The molecular weight excluding hydrogens is 194 g/mol. The van der Waals surface area contributed by atoms with E-state index >= 15 is 0 Å². The second kappa shape index (κ2) is 4.78. The van der Waals surface area contributed by atoms with Crippen LogP contribution in [0.4, 0.5) is 0 Å². The standard InChI is InChI=1S/C11H23NO3/c1-4-5-6-12-7-9(13)10(14)11(3,15)8(12)2/h8-10,13-15H,4-7H2,1-3H3/t8-,9-,10+,11-/m0/s1. The van der Waals surface area contributed by atoms with Crippen LogP contribution in [0.15, 0.2) is 0 Å². The molecule has 0 unspecified atom stereocenters. The summed E-state index contributed by atoms with van der Waals surface area (Å²) < 4.78 is 0. The van der Waals surface area contributed by atoms with E-state index in [1.807, 2.05) is 11.8 Å². The van der Waals surface area contributed by atoms with Crippen molar-refractivity contribution < 1.29 is 15.3 Å². The molecule has 1 heterocycles. The molecule has 0 aliphatic carbocycles. The third kappa shape index (κ3) is 2.50. The first-order valence-corrected chi connectivity index (χ1v) is 5.73. The second-order valence-corrected chi connectivity index (χ2v) is 4.76. The van der Waals surface area contributed by atoms with E-state index in [4.69, 9.17) is 0 Å². The maximum atomic E-state index is 10.1. The zero-order valence-corrected chi connectivity index (χ0v) is 9.85. The molecule has 4 atom stereocenters. The number of nitrogens with zero attached hydrogens (tertiary/aromatic N) is 1. The summed E-state index contributed by atoms with van der Waals surface area (Å²) in [6.07, 6.45) is 0.228. The first-order valence-electron chi connectivity index (χ1n) is 5.73. The molecule has 4 nitrogen and oxygen atoms in total. The maximum absolute atomic E-state index is 10.1. The summed E-state index contributed by atoms with van der Waals surface area (Å²) in [6, 6.07) is -0.123. The summed E-state index contributed by atoms with van der Waals surface area (Å²) in [6.45, 7) is 6.89. The molecule has 0 spiro atoms. The van der Waals surface area contributed by atoms with Crippen molar-refractivity contribution in [1.29, 1.82) is 0 Å². The summed E-state index contributed by atoms with van der Waals surface area (Å²) >= 11 is 0. The highest BCUT2D eigenvalue weighted by Crippen LogP contribution is 2.28. The highest BCUT2D eigenvalue weighted by molar-refractivity contribution is 5.01. The van der Waals surface area contributed by atoms with Gasteiger partial charge >= 0.3 is 0 Å². The molecule has 0 aromatic carbocycles. The van der Waals surface area contributed by atoms with Gasteiger partial charge in [0.1, 0.15) is 11.7 Å². The predicted octanol–water partition coefficient (Wildman–Crippen LogP) is -0.0366. The van der Waals surface area contributed by atoms with Crippen LogP contribution < -0.4 is 0 Å². The van der Waals surface area contributed by atoms with E-state index in [9.17, 15) is 15.3 Å². The molecule has 0 bridgehead atoms. The van der Waals surface area contributed by atoms with Gasteiger partial charge in [-0.3, -0.25) is 4.90 Å². The summed E-state index contributed by atoms with van der Waals surface area (Å²) in [5.74, 6) is 0. The number of piperidine rings is 1. The quantitative estimate of drug-likeness (QED) is 0.621. The van der Waals surface area contributed by atoms with Crippen molar-refractivity contribution in [3.05, 3.63) is 0 Å². The normalized spacial score (nSPS) is 43.2. The Balaban J connectivity index is 2.68. The van der Waals surface area contributed by atoms with Crippen LogP contribution in [0.3, 0.4) is 0 Å². The van der Waals surface area contributed by atoms with Crippen LogP contribution in [0, 0.1) is 0 Å². The Hall–Kier alpha value is -0.160. The van der Waals surface area contributed by atoms with Crippen molar-refractivity contribution in [3.63, 3.8) is 0 Å². The van der Waals surface area contributed by atoms with E-state index in [0.29, 0.717) is 6.54 Å². The highest BCUT2D eigenvalue weighted by Gasteiger charge is 2.47. The highest BCUT2D eigenvalue weighted by atomic mass is 16.4. The van der Waals surface area contributed by atoms with Crippen LogP contribution in [0.2, 0.25) is 0 Å². The number of unbranched alkanes of at least 4 members (excludes halogenated alkanes) is 1. The first-order chi connectivity index (χ1) is 6.91. The lowest BCUT2D eigenvalue weighted by Crippen LogP contribution is -2.66. The van der Waals surface area contributed by atoms with Gasteiger partial charge in [0.15, 0.2) is 0 Å². The summed E-state index contributed by atoms with van der Waals surface area (Å²) in [5, 5.41) is 29.4. The Morgan fingerprint density at radius 1 is 1.40 bits per heavy atom. The van der Waals surface area contributed by atoms with E-state index in [2.05, 4.69) is 6.92 Å². The average Bonchev–Trinajstić information content (AvgIpc) is 2.19. The van der Waals surface area contributed by atoms with Crippen molar-refractivity contribution >= 4 is 0 Å². The fraction of sp³-hybridized carbons (Fsp3) is 1.00. The molecule has 0 amide bonds. The summed E-state index contributed by atoms with van der Waals surface area (Å²) in [4.78, 5) is 2.04. The van der Waals surface area contributed by atoms with Crippen molar-refractivity contribution in [2.45, 2.75) is 57.5 Å². The molecule has 90 valence electrons. The molecule has 3 N–H and O–H groups in total. The monoisotopic (exact) mass is 217 g/mol. The van der Waals surface area contributed by atoms with Gasteiger partial charge < -0.3 is 15.3 Å². The molecule has 15 heavy (non-hydrogen) atoms. The number of aliphatic hydroxyl groups excluding tert-OH is 2. The predicted molar refractivity (Wildman–Crippen MR) is 58.6 cm³/mol. The smallest absolute Gasteiger partial charge is 0.111 e. The summed E-state index contributed by atoms with van der Waals surface area (Å²) in [7, 11) is 0. The Morgan fingerprint density at radius 3 is 2.53 bits per heavy atom. The number of aliphatic hydroxyl groups is 3. The zero-order valence-electron chi connectivity index (χ0n) is 9.85. The van der Waals surface area contributed by atoms with Crippen LogP contribution in [0.1, 0.15) is 33.6 Å². The lowest BCUT2D eigenvalue weighted by atomic mass is 9.83. The van der Waals surface area contributed by atoms with Gasteiger partial charge in [0.25, 0.3) is 0 Å². The second-order valence-electron chi connectivity index (χ2n) is 4.76. The molecule has 0 radical (unpaired) electrons. The molecule has 1 aliphatic heterocycles. The Morgan fingerprint density at radius 2 is 2.00 bits per heavy atom. The fourth-order valence-electron chi connectivity index (χ4n) is 2.15. The van der Waals surface area contributed by atoms with E-state index in [1.54, 1.807) is 6.92 Å². The molecule has 1 saturated heterocycles. The van der Waals surface area contributed by atoms with Crippen LogP contribution in [0.5, 0.6) is 0 Å². The Kier molecular flexibility index (Phi) is 4.12. The molecule has 0 saturated carbocycles. The topological polar surface area (TPSA) is 63.9 Å². The molecule has 4 heteroatoms. The van der Waals surface area contributed by atoms with Crippen molar-refractivity contribution in [2.75, 3.05) is 13.1 Å². The Bertz CT molecular complexity index is 208. The molecular formula is C11H23NO3. The summed E-state index contributed by atoms with van der Waals surface area (Å²) in [5.41, 5.74) is -1.23. The average molecular weight is 217 g/mol. The Labute approximate surface area is 91.5 Å². The van der Waals surface area contributed by atoms with Gasteiger partial charge in [-0.25, -0.2) is 0 Å². The number of rotatable bonds is 3. The van der Waals surface area contributed by atoms with Crippen LogP contribution in [-0.4, -0.2) is 57.2 Å². The first kappa shape index (κ1) is 12.9. The third-order valence-corrected chi connectivity index (χ3v) is 3.58. The minimum atomic E-state index is -1.23. The zero-order chi connectivity index (χ0) is 11.6. The van der Waals surface area contributed by atoms with E-state index < -0.39 is 17.8 Å². The van der Waals surface area contributed by atoms with Gasteiger partial charge in [0.2, 0.25) is 0 Å². The third-order valence-electron chi connectivity index (χ3n) is 3.58. The van der Waals surface area contributed by atoms with E-state index in [1.165, 1.54) is 0 Å². The number of β-amino-alcohol motifs (C(OH)–C–C–N with tert-alkyl or cyclic N) is 1. The van der Waals surface area contributed by atoms with Gasteiger partial charge in [0.05, 0.1) is 6.10 Å².